The van der Waals surface area contributed by atoms with Gasteiger partial charge in [0.15, 0.2) is 0 Å². The van der Waals surface area contributed by atoms with Crippen LogP contribution < -0.4 is 10.6 Å². The second-order valence-corrected chi connectivity index (χ2v) is 18.1. The lowest BCUT2D eigenvalue weighted by Gasteiger charge is -2.35. The second kappa shape index (κ2) is 17.0. The van der Waals surface area contributed by atoms with E-state index >= 15 is 0 Å². The number of nitrogens with one attached hydrogen (secondary N) is 4. The van der Waals surface area contributed by atoms with Crippen LogP contribution in [0.25, 0.3) is 22.3 Å². The van der Waals surface area contributed by atoms with Gasteiger partial charge in [0, 0.05) is 42.5 Å². The summed E-state index contributed by atoms with van der Waals surface area (Å²) in [6, 6.07) is 12.6. The number of hydrogen-bond acceptors (Lipinski definition) is 8. The first-order valence-corrected chi connectivity index (χ1v) is 21.1. The second-order valence-electron chi connectivity index (χ2n) is 18.1. The van der Waals surface area contributed by atoms with Crippen molar-refractivity contribution in [1.29, 1.82) is 0 Å². The maximum Gasteiger partial charge on any atom is 0.407 e. The summed E-state index contributed by atoms with van der Waals surface area (Å²) in [4.78, 5) is 72.5. The lowest BCUT2D eigenvalue weighted by atomic mass is 9.92. The number of aromatic amines is 2. The van der Waals surface area contributed by atoms with E-state index in [1.54, 1.807) is 0 Å². The number of carbonyl (C=O) groups excluding carboxylic acids is 4. The highest BCUT2D eigenvalue weighted by Crippen LogP contribution is 2.58. The average Bonchev–Trinajstić information content (AvgIpc) is 3.93. The van der Waals surface area contributed by atoms with Crippen LogP contribution in [0.15, 0.2) is 48.7 Å². The molecule has 4 amide bonds. The van der Waals surface area contributed by atoms with Crippen molar-refractivity contribution in [1.82, 2.24) is 40.4 Å². The van der Waals surface area contributed by atoms with Gasteiger partial charge in [0.1, 0.15) is 17.7 Å². The van der Waals surface area contributed by atoms with Gasteiger partial charge in [-0.1, -0.05) is 58.6 Å². The number of amides is 4. The molecule has 0 unspecified atom stereocenters. The Morgan fingerprint density at radius 3 is 2.23 bits per heavy atom. The third-order valence-corrected chi connectivity index (χ3v) is 12.7. The van der Waals surface area contributed by atoms with Crippen LogP contribution in [0.3, 0.4) is 0 Å². The quantitative estimate of drug-likeness (QED) is 0.103. The van der Waals surface area contributed by atoms with Gasteiger partial charge in [-0.3, -0.25) is 9.59 Å². The molecule has 3 heterocycles. The zero-order valence-electron chi connectivity index (χ0n) is 36.0. The Balaban J connectivity index is 1.04. The van der Waals surface area contributed by atoms with E-state index in [0.29, 0.717) is 18.9 Å². The molecule has 60 heavy (non-hydrogen) atoms. The molecule has 4 aromatic rings. The average molecular weight is 819 g/mol. The molecule has 2 aromatic heterocycles. The molecule has 0 bridgehead atoms. The number of nitrogens with zero attached hydrogens (tertiary/aromatic N) is 4. The Kier molecular flexibility index (Phi) is 12.0. The highest BCUT2D eigenvalue weighted by Gasteiger charge is 2.55. The first-order valence-electron chi connectivity index (χ1n) is 21.1. The number of H-pyrrole nitrogens is 2. The summed E-state index contributed by atoms with van der Waals surface area (Å²) >= 11 is 0. The van der Waals surface area contributed by atoms with Crippen molar-refractivity contribution < 1.29 is 28.7 Å². The van der Waals surface area contributed by atoms with E-state index in [1.807, 2.05) is 93.1 Å². The minimum Gasteiger partial charge on any atom is -0.453 e. The van der Waals surface area contributed by atoms with Crippen molar-refractivity contribution in [2.24, 2.45) is 28.6 Å². The zero-order valence-corrected chi connectivity index (χ0v) is 36.0. The Morgan fingerprint density at radius 2 is 1.60 bits per heavy atom. The van der Waals surface area contributed by atoms with Gasteiger partial charge in [-0.2, -0.15) is 0 Å². The van der Waals surface area contributed by atoms with Crippen molar-refractivity contribution in [3.8, 4) is 23.1 Å². The van der Waals surface area contributed by atoms with Crippen LogP contribution in [0.5, 0.6) is 0 Å². The fraction of sp³-hybridized carbons (Fsp3) is 0.522. The maximum atomic E-state index is 14.1. The number of rotatable bonds is 13. The molecular weight excluding hydrogens is 761 g/mol. The van der Waals surface area contributed by atoms with E-state index in [1.165, 1.54) is 14.2 Å². The van der Waals surface area contributed by atoms with Gasteiger partial charge in [0.2, 0.25) is 11.8 Å². The van der Waals surface area contributed by atoms with Crippen LogP contribution in [0.1, 0.15) is 109 Å². The molecule has 3 aliphatic rings. The highest BCUT2D eigenvalue weighted by atomic mass is 16.5. The van der Waals surface area contributed by atoms with Gasteiger partial charge in [0.05, 0.1) is 48.9 Å². The number of ether oxygens (including phenoxy) is 2. The SMILES string of the molecule is COC(=O)NC[C@H](C(=O)N(CC1(C)CC1)[C@@H](C)c1nc2cc(C#Cc3ccc(-c4c[nH]c([C@@H]5CC6(CC6)CN5C(=O)[C@@H](NC(=O)OC)C(C)C)n4)cc3)ccc2[nH]1)C(C)C. The van der Waals surface area contributed by atoms with E-state index in [0.717, 1.165) is 71.3 Å². The van der Waals surface area contributed by atoms with Crippen molar-refractivity contribution in [2.75, 3.05) is 33.9 Å². The summed E-state index contributed by atoms with van der Waals surface area (Å²) in [7, 11) is 2.61. The third-order valence-electron chi connectivity index (χ3n) is 12.7. The van der Waals surface area contributed by atoms with E-state index in [9.17, 15) is 19.2 Å². The number of likely N-dealkylation sites (tertiary alicyclic amines) is 1. The molecule has 0 radical (unpaired) electrons. The Bertz CT molecular complexity index is 2290. The molecule has 3 fully saturated rings. The van der Waals surface area contributed by atoms with Crippen molar-refractivity contribution in [3.63, 3.8) is 0 Å². The first-order chi connectivity index (χ1) is 28.6. The van der Waals surface area contributed by atoms with Crippen molar-refractivity contribution >= 4 is 35.0 Å². The van der Waals surface area contributed by atoms with E-state index in [2.05, 4.69) is 39.4 Å². The summed E-state index contributed by atoms with van der Waals surface area (Å²) in [6.07, 6.45) is 5.82. The number of alkyl carbamates (subject to hydrolysis) is 2. The lowest BCUT2D eigenvalue weighted by Crippen LogP contribution is -2.51. The normalized spacial score (nSPS) is 18.7. The van der Waals surface area contributed by atoms with Crippen LogP contribution in [0.2, 0.25) is 0 Å². The van der Waals surface area contributed by atoms with Gasteiger partial charge in [-0.25, -0.2) is 19.6 Å². The van der Waals surface area contributed by atoms with Gasteiger partial charge >= 0.3 is 12.2 Å². The molecule has 4 N–H and O–H groups in total. The number of benzene rings is 2. The standard InChI is InChI=1S/C46H58N8O6/c1-27(2)33(23-48-43(57)59-7)41(55)53(25-45(6)17-18-45)29(5)39-49-34-16-13-31(21-35(34)50-39)10-9-30-11-14-32(15-12-30)36-24-47-40(51-36)37-22-46(19-20-46)26-54(37)42(56)38(28(3)4)52-44(58)60-8/h11-16,21,24,27-29,33,37-38H,17-20,22-23,25-26H2,1-8H3,(H,47,51)(H,48,57)(H,49,50)(H,52,58)/t29-,33-,37-,38-/m0/s1. The summed E-state index contributed by atoms with van der Waals surface area (Å²) in [5.74, 6) is 7.34. The minimum atomic E-state index is -0.694. The molecule has 2 aromatic carbocycles. The van der Waals surface area contributed by atoms with Crippen molar-refractivity contribution in [2.45, 2.75) is 91.8 Å². The fourth-order valence-electron chi connectivity index (χ4n) is 8.20. The number of aromatic nitrogens is 4. The molecule has 318 valence electrons. The number of hydrogen-bond donors (Lipinski definition) is 4. The van der Waals surface area contributed by atoms with Crippen LogP contribution in [0.4, 0.5) is 9.59 Å². The minimum absolute atomic E-state index is 0.00638. The van der Waals surface area contributed by atoms with Gasteiger partial charge in [-0.15, -0.1) is 0 Å². The van der Waals surface area contributed by atoms with Gasteiger partial charge in [-0.05, 0) is 92.0 Å². The molecule has 7 rings (SSSR count). The van der Waals surface area contributed by atoms with Gasteiger partial charge < -0.3 is 39.9 Å². The van der Waals surface area contributed by atoms with Crippen LogP contribution in [-0.2, 0) is 19.1 Å². The maximum absolute atomic E-state index is 14.1. The first kappa shape index (κ1) is 42.3. The molecule has 14 heteroatoms. The predicted molar refractivity (Wildman–Crippen MR) is 227 cm³/mol. The van der Waals surface area contributed by atoms with E-state index < -0.39 is 24.1 Å². The summed E-state index contributed by atoms with van der Waals surface area (Å²) in [6.45, 7) is 13.5. The topological polar surface area (TPSA) is 175 Å². The number of carbonyl (C=O) groups is 4. The summed E-state index contributed by atoms with van der Waals surface area (Å²) in [5, 5.41) is 5.46. The Labute approximate surface area is 352 Å². The molecule has 2 aliphatic carbocycles. The third kappa shape index (κ3) is 9.30. The molecule has 2 saturated carbocycles. The molecule has 4 atom stereocenters. The molecular formula is C46H58N8O6. The fourth-order valence-corrected chi connectivity index (χ4v) is 8.20. The van der Waals surface area contributed by atoms with E-state index in [-0.39, 0.29) is 53.1 Å². The van der Waals surface area contributed by atoms with Crippen molar-refractivity contribution in [3.05, 3.63) is 71.4 Å². The van der Waals surface area contributed by atoms with E-state index in [4.69, 9.17) is 19.4 Å². The largest absolute Gasteiger partial charge is 0.453 e. The van der Waals surface area contributed by atoms with Crippen LogP contribution in [0, 0.1) is 40.4 Å². The summed E-state index contributed by atoms with van der Waals surface area (Å²) in [5.41, 5.74) is 5.16. The molecule has 1 saturated heterocycles. The monoisotopic (exact) mass is 818 g/mol. The van der Waals surface area contributed by atoms with Crippen LogP contribution >= 0.6 is 0 Å². The van der Waals surface area contributed by atoms with Gasteiger partial charge in [0.25, 0.3) is 0 Å². The predicted octanol–water partition coefficient (Wildman–Crippen LogP) is 7.10. The number of fused-ring (bicyclic) bond motifs is 1. The highest BCUT2D eigenvalue weighted by molar-refractivity contribution is 5.87. The molecule has 1 spiro atoms. The van der Waals surface area contributed by atoms with Crippen LogP contribution in [-0.4, -0.2) is 93.6 Å². The molecule has 14 nitrogen and oxygen atoms in total. The zero-order chi connectivity index (χ0) is 42.9. The number of imidazole rings is 2. The molecule has 1 aliphatic heterocycles. The Morgan fingerprint density at radius 1 is 0.917 bits per heavy atom. The lowest BCUT2D eigenvalue weighted by molar-refractivity contribution is -0.140. The number of methoxy groups -OCH3 is 2. The Hall–Kier alpha value is -5.84. The smallest absolute Gasteiger partial charge is 0.407 e. The summed E-state index contributed by atoms with van der Waals surface area (Å²) < 4.78 is 9.57.